The van der Waals surface area contributed by atoms with Crippen molar-refractivity contribution in [3.63, 3.8) is 0 Å². The van der Waals surface area contributed by atoms with Crippen LogP contribution in [0.5, 0.6) is 11.5 Å². The number of hydrogen-bond acceptors (Lipinski definition) is 5. The highest BCUT2D eigenvalue weighted by Crippen LogP contribution is 2.36. The molecule has 4 aromatic rings. The summed E-state index contributed by atoms with van der Waals surface area (Å²) in [5.41, 5.74) is 3.08. The summed E-state index contributed by atoms with van der Waals surface area (Å²) in [6.07, 6.45) is 3.67. The number of methoxy groups -OCH3 is 1. The largest absolute Gasteiger partial charge is 0.497 e. The molecule has 1 aliphatic heterocycles. The fourth-order valence-electron chi connectivity index (χ4n) is 3.25. The lowest BCUT2D eigenvalue weighted by Gasteiger charge is -2.00. The molecule has 6 heteroatoms. The van der Waals surface area contributed by atoms with Crippen molar-refractivity contribution in [3.05, 3.63) is 89.1 Å². The fraction of sp³-hybridized carbons (Fsp3) is 0.0435. The van der Waals surface area contributed by atoms with E-state index in [2.05, 4.69) is 0 Å². The van der Waals surface area contributed by atoms with Gasteiger partial charge in [0.05, 0.1) is 23.2 Å². The maximum absolute atomic E-state index is 12.9. The number of carbonyl (C=O) groups excluding carboxylic acids is 1. The van der Waals surface area contributed by atoms with Gasteiger partial charge in [0.2, 0.25) is 5.78 Å². The molecule has 0 N–H and O–H groups in total. The van der Waals surface area contributed by atoms with Crippen LogP contribution >= 0.6 is 11.3 Å². The molecule has 2 aromatic carbocycles. The topological polar surface area (TPSA) is 53.4 Å². The summed E-state index contributed by atoms with van der Waals surface area (Å²) in [5.74, 6) is 1.27. The minimum atomic E-state index is -0.163. The Balaban J connectivity index is 1.59. The molecule has 29 heavy (non-hydrogen) atoms. The Labute approximate surface area is 171 Å². The molecule has 1 aliphatic rings. The number of nitrogens with zero attached hydrogens (tertiary/aromatic N) is 2. The summed E-state index contributed by atoms with van der Waals surface area (Å²) in [6, 6.07) is 19.1. The maximum Gasteiger partial charge on any atom is 0.232 e. The zero-order valence-electron chi connectivity index (χ0n) is 15.5. The number of ketones is 1. The molecule has 0 saturated heterocycles. The van der Waals surface area contributed by atoms with Crippen LogP contribution in [0.2, 0.25) is 0 Å². The smallest absolute Gasteiger partial charge is 0.232 e. The van der Waals surface area contributed by atoms with E-state index >= 15 is 0 Å². The second-order valence-corrected chi connectivity index (χ2v) is 7.44. The van der Waals surface area contributed by atoms with E-state index in [1.54, 1.807) is 42.7 Å². The third kappa shape index (κ3) is 3.13. The van der Waals surface area contributed by atoms with Crippen LogP contribution in [0.15, 0.2) is 78.0 Å². The van der Waals surface area contributed by atoms with Crippen molar-refractivity contribution in [2.24, 2.45) is 0 Å². The van der Waals surface area contributed by atoms with Crippen molar-refractivity contribution in [2.45, 2.75) is 0 Å². The Kier molecular flexibility index (Phi) is 4.26. The van der Waals surface area contributed by atoms with Crippen LogP contribution in [0.1, 0.15) is 15.9 Å². The van der Waals surface area contributed by atoms with Gasteiger partial charge in [-0.1, -0.05) is 24.3 Å². The summed E-state index contributed by atoms with van der Waals surface area (Å²) >= 11 is 1.60. The quantitative estimate of drug-likeness (QED) is 0.441. The molecule has 0 radical (unpaired) electrons. The van der Waals surface area contributed by atoms with Crippen LogP contribution in [0.3, 0.4) is 0 Å². The molecule has 2 aromatic heterocycles. The van der Waals surface area contributed by atoms with Crippen LogP contribution in [0, 0.1) is 0 Å². The Morgan fingerprint density at radius 3 is 2.72 bits per heavy atom. The molecule has 5 rings (SSSR count). The van der Waals surface area contributed by atoms with E-state index in [9.17, 15) is 4.79 Å². The number of ether oxygens (including phenoxy) is 2. The van der Waals surface area contributed by atoms with Gasteiger partial charge in [0.25, 0.3) is 0 Å². The average molecular weight is 400 g/mol. The van der Waals surface area contributed by atoms with Crippen molar-refractivity contribution in [2.75, 3.05) is 7.11 Å². The lowest BCUT2D eigenvalue weighted by molar-refractivity contribution is 0.101. The zero-order chi connectivity index (χ0) is 19.8. The van der Waals surface area contributed by atoms with E-state index in [0.29, 0.717) is 17.1 Å². The van der Waals surface area contributed by atoms with Crippen LogP contribution < -0.4 is 9.47 Å². The number of fused-ring (bicyclic) bond motifs is 1. The summed E-state index contributed by atoms with van der Waals surface area (Å²) < 4.78 is 12.9. The first-order valence-corrected chi connectivity index (χ1v) is 9.92. The molecular formula is C23H16N2O3S. The van der Waals surface area contributed by atoms with Crippen molar-refractivity contribution in [1.82, 2.24) is 9.78 Å². The predicted molar refractivity (Wildman–Crippen MR) is 113 cm³/mol. The third-order valence-electron chi connectivity index (χ3n) is 4.68. The average Bonchev–Trinajstić information content (AvgIpc) is 3.49. The maximum atomic E-state index is 12.9. The van der Waals surface area contributed by atoms with Gasteiger partial charge in [-0.15, -0.1) is 11.3 Å². The summed E-state index contributed by atoms with van der Waals surface area (Å²) in [4.78, 5) is 13.9. The number of Topliss-reactive ketones (excluding diaryl/α,β-unsaturated/α-hetero) is 1. The van der Waals surface area contributed by atoms with Gasteiger partial charge in [0.1, 0.15) is 17.2 Å². The third-order valence-corrected chi connectivity index (χ3v) is 5.56. The molecule has 0 saturated carbocycles. The van der Waals surface area contributed by atoms with Gasteiger partial charge in [0, 0.05) is 11.8 Å². The van der Waals surface area contributed by atoms with E-state index in [1.807, 2.05) is 58.7 Å². The fourth-order valence-corrected chi connectivity index (χ4v) is 3.98. The normalized spacial score (nSPS) is 14.1. The molecule has 0 bridgehead atoms. The number of aromatic nitrogens is 2. The number of rotatable bonds is 4. The van der Waals surface area contributed by atoms with Crippen molar-refractivity contribution in [1.29, 1.82) is 0 Å². The number of benzene rings is 2. The number of allylic oxidation sites excluding steroid dienone is 1. The highest BCUT2D eigenvalue weighted by molar-refractivity contribution is 7.13. The SMILES string of the molecule is COc1ccc2c(c1)C(=O)/C(=C/c1cn(-c3ccccc3)nc1-c1cccs1)O2. The number of hydrogen-bond donors (Lipinski definition) is 0. The van der Waals surface area contributed by atoms with E-state index in [4.69, 9.17) is 14.6 Å². The summed E-state index contributed by atoms with van der Waals surface area (Å²) in [7, 11) is 1.57. The van der Waals surface area contributed by atoms with Gasteiger partial charge in [-0.3, -0.25) is 4.79 Å². The first kappa shape index (κ1) is 17.5. The second-order valence-electron chi connectivity index (χ2n) is 6.49. The van der Waals surface area contributed by atoms with E-state index in [1.165, 1.54) is 0 Å². The van der Waals surface area contributed by atoms with Crippen LogP contribution in [0.4, 0.5) is 0 Å². The molecule has 142 valence electrons. The number of thiophene rings is 1. The number of para-hydroxylation sites is 1. The minimum Gasteiger partial charge on any atom is -0.497 e. The molecule has 0 fully saturated rings. The Hall–Kier alpha value is -3.64. The van der Waals surface area contributed by atoms with Crippen LogP contribution in [-0.4, -0.2) is 22.7 Å². The molecule has 0 unspecified atom stereocenters. The molecular weight excluding hydrogens is 384 g/mol. The van der Waals surface area contributed by atoms with E-state index in [-0.39, 0.29) is 11.5 Å². The highest BCUT2D eigenvalue weighted by atomic mass is 32.1. The van der Waals surface area contributed by atoms with Crippen LogP contribution in [0.25, 0.3) is 22.3 Å². The minimum absolute atomic E-state index is 0.163. The summed E-state index contributed by atoms with van der Waals surface area (Å²) in [6.45, 7) is 0. The van der Waals surface area contributed by atoms with Crippen LogP contribution in [-0.2, 0) is 0 Å². The molecule has 5 nitrogen and oxygen atoms in total. The van der Waals surface area contributed by atoms with Gasteiger partial charge in [-0.2, -0.15) is 5.10 Å². The summed E-state index contributed by atoms with van der Waals surface area (Å²) in [5, 5.41) is 6.77. The first-order valence-electron chi connectivity index (χ1n) is 9.04. The van der Waals surface area contributed by atoms with Crippen molar-refractivity contribution in [3.8, 4) is 27.8 Å². The predicted octanol–water partition coefficient (Wildman–Crippen LogP) is 5.23. The standard InChI is InChI=1S/C23H16N2O3S/c1-27-17-9-10-19-18(13-17)23(26)20(28-19)12-15-14-25(16-6-3-2-4-7-16)24-22(15)21-8-5-11-29-21/h2-14H,1H3/b20-12-. The van der Waals surface area contributed by atoms with Gasteiger partial charge in [-0.05, 0) is 47.9 Å². The zero-order valence-corrected chi connectivity index (χ0v) is 16.3. The molecule has 3 heterocycles. The monoisotopic (exact) mass is 400 g/mol. The van der Waals surface area contributed by atoms with E-state index < -0.39 is 0 Å². The Bertz CT molecular complexity index is 1220. The lowest BCUT2D eigenvalue weighted by atomic mass is 10.1. The Morgan fingerprint density at radius 2 is 1.97 bits per heavy atom. The van der Waals surface area contributed by atoms with Crippen molar-refractivity contribution >= 4 is 23.2 Å². The molecule has 0 spiro atoms. The van der Waals surface area contributed by atoms with E-state index in [0.717, 1.165) is 21.8 Å². The first-order chi connectivity index (χ1) is 14.2. The molecule has 0 aliphatic carbocycles. The number of carbonyl (C=O) groups is 1. The molecule has 0 atom stereocenters. The van der Waals surface area contributed by atoms with Gasteiger partial charge >= 0.3 is 0 Å². The van der Waals surface area contributed by atoms with Gasteiger partial charge in [-0.25, -0.2) is 4.68 Å². The van der Waals surface area contributed by atoms with Gasteiger partial charge in [0.15, 0.2) is 5.76 Å². The van der Waals surface area contributed by atoms with Crippen molar-refractivity contribution < 1.29 is 14.3 Å². The van der Waals surface area contributed by atoms with Gasteiger partial charge < -0.3 is 9.47 Å². The highest BCUT2D eigenvalue weighted by Gasteiger charge is 2.28. The second kappa shape index (κ2) is 7.07. The Morgan fingerprint density at radius 1 is 1.10 bits per heavy atom. The molecule has 0 amide bonds. The lowest BCUT2D eigenvalue weighted by Crippen LogP contribution is -1.98.